The largest absolute Gasteiger partial charge is 0.0929 e. The third-order valence-electron chi connectivity index (χ3n) is 1.31. The molecule has 0 fully saturated rings. The van der Waals surface area contributed by atoms with Crippen molar-refractivity contribution in [3.8, 4) is 0 Å². The lowest BCUT2D eigenvalue weighted by molar-refractivity contribution is 1.47. The molecule has 0 N–H and O–H groups in total. The molecule has 1 aromatic rings. The third-order valence-corrected chi connectivity index (χ3v) is 1.43. The van der Waals surface area contributed by atoms with Gasteiger partial charge >= 0.3 is 0 Å². The van der Waals surface area contributed by atoms with E-state index in [1.54, 1.807) is 18.2 Å². The fourth-order valence-electron chi connectivity index (χ4n) is 0.776. The van der Waals surface area contributed by atoms with Crippen LogP contribution in [0.4, 0.5) is 5.69 Å². The van der Waals surface area contributed by atoms with E-state index in [4.69, 9.17) is 17.1 Å². The van der Waals surface area contributed by atoms with Gasteiger partial charge in [0, 0.05) is 16.1 Å². The van der Waals surface area contributed by atoms with Gasteiger partial charge < -0.3 is 0 Å². The predicted octanol–water partition coefficient (Wildman–Crippen LogP) is 3.84. The van der Waals surface area contributed by atoms with Crippen molar-refractivity contribution in [2.75, 3.05) is 0 Å². The van der Waals surface area contributed by atoms with E-state index >= 15 is 0 Å². The van der Waals surface area contributed by atoms with Crippen LogP contribution in [0.3, 0.4) is 0 Å². The van der Waals surface area contributed by atoms with E-state index in [2.05, 4.69) is 10.0 Å². The molecule has 0 saturated carbocycles. The molecule has 0 atom stereocenters. The first-order chi connectivity index (χ1) is 5.86. The SMILES string of the molecule is [N-]=[N+]=Nc1ccc(/C=C/Cl)cc1. The standard InChI is InChI=1S/C8H6ClN3/c9-6-5-7-1-3-8(4-2-7)11-12-10/h1-6H/b6-5+. The zero-order valence-corrected chi connectivity index (χ0v) is 6.94. The highest BCUT2D eigenvalue weighted by molar-refractivity contribution is 6.27. The van der Waals surface area contributed by atoms with Crippen molar-refractivity contribution in [1.29, 1.82) is 0 Å². The van der Waals surface area contributed by atoms with Crippen LogP contribution in [0.5, 0.6) is 0 Å². The number of nitrogens with zero attached hydrogens (tertiary/aromatic N) is 3. The maximum atomic E-state index is 8.12. The van der Waals surface area contributed by atoms with Crippen molar-refractivity contribution < 1.29 is 0 Å². The van der Waals surface area contributed by atoms with Crippen molar-refractivity contribution in [3.63, 3.8) is 0 Å². The van der Waals surface area contributed by atoms with E-state index in [1.807, 2.05) is 12.1 Å². The molecule has 0 heterocycles. The summed E-state index contributed by atoms with van der Waals surface area (Å²) in [6.45, 7) is 0. The zero-order valence-electron chi connectivity index (χ0n) is 6.18. The summed E-state index contributed by atoms with van der Waals surface area (Å²) in [4.78, 5) is 2.66. The Bertz CT molecular complexity index is 323. The Morgan fingerprint density at radius 1 is 1.33 bits per heavy atom. The Morgan fingerprint density at radius 2 is 2.00 bits per heavy atom. The van der Waals surface area contributed by atoms with Crippen molar-refractivity contribution >= 4 is 23.4 Å². The van der Waals surface area contributed by atoms with E-state index in [0.717, 1.165) is 5.56 Å². The summed E-state index contributed by atoms with van der Waals surface area (Å²) in [6, 6.07) is 7.10. The molecule has 60 valence electrons. The Hall–Kier alpha value is -1.44. The number of rotatable bonds is 2. The van der Waals surface area contributed by atoms with Gasteiger partial charge in [0.2, 0.25) is 0 Å². The Morgan fingerprint density at radius 3 is 2.50 bits per heavy atom. The van der Waals surface area contributed by atoms with Gasteiger partial charge in [0.15, 0.2) is 0 Å². The van der Waals surface area contributed by atoms with Crippen molar-refractivity contribution in [2.45, 2.75) is 0 Å². The molecule has 0 spiro atoms. The maximum absolute atomic E-state index is 8.12. The van der Waals surface area contributed by atoms with Gasteiger partial charge in [0.1, 0.15) is 0 Å². The van der Waals surface area contributed by atoms with Crippen LogP contribution in [0.1, 0.15) is 5.56 Å². The molecule has 3 nitrogen and oxygen atoms in total. The fraction of sp³-hybridized carbons (Fsp3) is 0. The summed E-state index contributed by atoms with van der Waals surface area (Å²) >= 11 is 5.37. The fourth-order valence-corrected chi connectivity index (χ4v) is 0.922. The zero-order chi connectivity index (χ0) is 8.81. The normalized spacial score (nSPS) is 9.75. The van der Waals surface area contributed by atoms with Gasteiger partial charge in [0.25, 0.3) is 0 Å². The first kappa shape index (κ1) is 8.65. The summed E-state index contributed by atoms with van der Waals surface area (Å²) in [7, 11) is 0. The molecule has 0 bridgehead atoms. The third kappa shape index (κ3) is 2.31. The Balaban J connectivity index is 2.92. The van der Waals surface area contributed by atoms with Gasteiger partial charge in [-0.3, -0.25) is 0 Å². The van der Waals surface area contributed by atoms with E-state index in [9.17, 15) is 0 Å². The molecule has 12 heavy (non-hydrogen) atoms. The monoisotopic (exact) mass is 179 g/mol. The summed E-state index contributed by atoms with van der Waals surface area (Å²) < 4.78 is 0. The predicted molar refractivity (Wildman–Crippen MR) is 50.1 cm³/mol. The summed E-state index contributed by atoms with van der Waals surface area (Å²) in [5, 5.41) is 3.43. The average Bonchev–Trinajstić information content (AvgIpc) is 2.09. The van der Waals surface area contributed by atoms with E-state index in [0.29, 0.717) is 5.69 Å². The minimum absolute atomic E-state index is 0.601. The minimum atomic E-state index is 0.601. The van der Waals surface area contributed by atoms with Gasteiger partial charge in [-0.15, -0.1) is 0 Å². The highest BCUT2D eigenvalue weighted by Crippen LogP contribution is 2.13. The van der Waals surface area contributed by atoms with Crippen LogP contribution in [0.15, 0.2) is 34.9 Å². The first-order valence-electron chi connectivity index (χ1n) is 3.29. The molecule has 4 heteroatoms. The number of benzene rings is 1. The number of azide groups is 1. The second-order valence-corrected chi connectivity index (χ2v) is 2.33. The lowest BCUT2D eigenvalue weighted by atomic mass is 10.2. The molecule has 0 radical (unpaired) electrons. The van der Waals surface area contributed by atoms with Gasteiger partial charge in [-0.05, 0) is 17.2 Å². The van der Waals surface area contributed by atoms with Gasteiger partial charge in [-0.2, -0.15) is 0 Å². The van der Waals surface area contributed by atoms with Crippen LogP contribution in [-0.2, 0) is 0 Å². The topological polar surface area (TPSA) is 48.8 Å². The number of hydrogen-bond donors (Lipinski definition) is 0. The highest BCUT2D eigenvalue weighted by atomic mass is 35.5. The van der Waals surface area contributed by atoms with Crippen LogP contribution in [0.2, 0.25) is 0 Å². The lowest BCUT2D eigenvalue weighted by Crippen LogP contribution is -1.67. The molecule has 0 saturated heterocycles. The number of halogens is 1. The second-order valence-electron chi connectivity index (χ2n) is 2.07. The molecule has 0 aliphatic rings. The van der Waals surface area contributed by atoms with Crippen LogP contribution in [0, 0.1) is 0 Å². The Labute approximate surface area is 74.9 Å². The molecule has 0 unspecified atom stereocenters. The minimum Gasteiger partial charge on any atom is -0.0929 e. The van der Waals surface area contributed by atoms with E-state index in [1.165, 1.54) is 5.54 Å². The molecule has 0 amide bonds. The van der Waals surface area contributed by atoms with Crippen LogP contribution in [-0.4, -0.2) is 0 Å². The first-order valence-corrected chi connectivity index (χ1v) is 3.72. The van der Waals surface area contributed by atoms with Gasteiger partial charge in [-0.25, -0.2) is 0 Å². The van der Waals surface area contributed by atoms with Crippen LogP contribution in [0.25, 0.3) is 16.5 Å². The average molecular weight is 180 g/mol. The molecule has 1 aromatic carbocycles. The number of hydrogen-bond acceptors (Lipinski definition) is 1. The van der Waals surface area contributed by atoms with Crippen molar-refractivity contribution in [1.82, 2.24) is 0 Å². The summed E-state index contributed by atoms with van der Waals surface area (Å²) in [6.07, 6.45) is 1.75. The molecule has 0 aliphatic heterocycles. The maximum Gasteiger partial charge on any atom is 0.0375 e. The van der Waals surface area contributed by atoms with E-state index < -0.39 is 0 Å². The van der Waals surface area contributed by atoms with Gasteiger partial charge in [0.05, 0.1) is 0 Å². The highest BCUT2D eigenvalue weighted by Gasteiger charge is 1.87. The molecule has 0 aromatic heterocycles. The smallest absolute Gasteiger partial charge is 0.0375 e. The molecule has 0 aliphatic carbocycles. The molecular weight excluding hydrogens is 174 g/mol. The van der Waals surface area contributed by atoms with E-state index in [-0.39, 0.29) is 0 Å². The van der Waals surface area contributed by atoms with Crippen molar-refractivity contribution in [2.24, 2.45) is 5.11 Å². The second kappa shape index (κ2) is 4.44. The Kier molecular flexibility index (Phi) is 3.20. The molecule has 1 rings (SSSR count). The van der Waals surface area contributed by atoms with Crippen LogP contribution >= 0.6 is 11.6 Å². The summed E-state index contributed by atoms with van der Waals surface area (Å²) in [5.41, 5.74) is 11.1. The van der Waals surface area contributed by atoms with Crippen LogP contribution < -0.4 is 0 Å². The molecular formula is C8H6ClN3. The lowest BCUT2D eigenvalue weighted by Gasteiger charge is -1.92. The van der Waals surface area contributed by atoms with Crippen molar-refractivity contribution in [3.05, 3.63) is 45.8 Å². The van der Waals surface area contributed by atoms with Gasteiger partial charge in [-0.1, -0.05) is 41.0 Å². The quantitative estimate of drug-likeness (QED) is 0.376. The summed E-state index contributed by atoms with van der Waals surface area (Å²) in [5.74, 6) is 0.